The standard InChI is InChI=1S/C17H26N4O/c1-19(2)16(22)14-4-5-15(18-12-14)21-10-7-17(8-11-21)6-9-20(3)13-17/h4-5,12H,6-11,13H2,1-3H3. The van der Waals surface area contributed by atoms with Crippen molar-refractivity contribution in [1.29, 1.82) is 0 Å². The van der Waals surface area contributed by atoms with Crippen LogP contribution in [0.4, 0.5) is 5.82 Å². The van der Waals surface area contributed by atoms with Crippen LogP contribution in [0.15, 0.2) is 18.3 Å². The molecular formula is C17H26N4O. The third-order valence-electron chi connectivity index (χ3n) is 5.18. The number of pyridine rings is 1. The molecular weight excluding hydrogens is 276 g/mol. The van der Waals surface area contributed by atoms with E-state index in [2.05, 4.69) is 21.8 Å². The number of aromatic nitrogens is 1. The molecule has 2 aliphatic heterocycles. The number of likely N-dealkylation sites (tertiary alicyclic amines) is 1. The predicted molar refractivity (Wildman–Crippen MR) is 88.2 cm³/mol. The fraction of sp³-hybridized carbons (Fsp3) is 0.647. The van der Waals surface area contributed by atoms with Crippen LogP contribution in [0.3, 0.4) is 0 Å². The summed E-state index contributed by atoms with van der Waals surface area (Å²) in [4.78, 5) is 22.8. The molecule has 5 heteroatoms. The first-order chi connectivity index (χ1) is 10.5. The Morgan fingerprint density at radius 1 is 1.18 bits per heavy atom. The van der Waals surface area contributed by atoms with Crippen LogP contribution in [0.2, 0.25) is 0 Å². The highest BCUT2D eigenvalue weighted by Gasteiger charge is 2.39. The summed E-state index contributed by atoms with van der Waals surface area (Å²) in [5, 5.41) is 0. The summed E-state index contributed by atoms with van der Waals surface area (Å²) in [6, 6.07) is 3.87. The summed E-state index contributed by atoms with van der Waals surface area (Å²) in [6.07, 6.45) is 5.53. The third-order valence-corrected chi connectivity index (χ3v) is 5.18. The molecule has 2 aliphatic rings. The summed E-state index contributed by atoms with van der Waals surface area (Å²) in [6.45, 7) is 4.62. The lowest BCUT2D eigenvalue weighted by molar-refractivity contribution is 0.0827. The average Bonchev–Trinajstić information content (AvgIpc) is 2.88. The average molecular weight is 302 g/mol. The number of carbonyl (C=O) groups excluding carboxylic acids is 1. The highest BCUT2D eigenvalue weighted by Crippen LogP contribution is 2.40. The Balaban J connectivity index is 1.63. The Labute approximate surface area is 132 Å². The molecule has 0 unspecified atom stereocenters. The second-order valence-electron chi connectivity index (χ2n) is 7.08. The van der Waals surface area contributed by atoms with Crippen molar-refractivity contribution >= 4 is 11.7 Å². The van der Waals surface area contributed by atoms with Crippen molar-refractivity contribution in [3.8, 4) is 0 Å². The summed E-state index contributed by atoms with van der Waals surface area (Å²) >= 11 is 0. The van der Waals surface area contributed by atoms with Crippen LogP contribution in [0.25, 0.3) is 0 Å². The van der Waals surface area contributed by atoms with Crippen LogP contribution in [0.1, 0.15) is 29.6 Å². The van der Waals surface area contributed by atoms with Crippen molar-refractivity contribution in [3.63, 3.8) is 0 Å². The Bertz CT molecular complexity index is 532. The maximum Gasteiger partial charge on any atom is 0.254 e. The van der Waals surface area contributed by atoms with Crippen molar-refractivity contribution in [2.75, 3.05) is 52.2 Å². The molecule has 0 atom stereocenters. The van der Waals surface area contributed by atoms with Gasteiger partial charge in [-0.25, -0.2) is 4.98 Å². The molecule has 0 bridgehead atoms. The summed E-state index contributed by atoms with van der Waals surface area (Å²) in [5.41, 5.74) is 1.19. The van der Waals surface area contributed by atoms with E-state index in [9.17, 15) is 4.79 Å². The van der Waals surface area contributed by atoms with Gasteiger partial charge in [-0.15, -0.1) is 0 Å². The van der Waals surface area contributed by atoms with Crippen molar-refractivity contribution < 1.29 is 4.79 Å². The number of rotatable bonds is 2. The van der Waals surface area contributed by atoms with Gasteiger partial charge in [-0.3, -0.25) is 4.79 Å². The molecule has 120 valence electrons. The highest BCUT2D eigenvalue weighted by molar-refractivity contribution is 5.93. The molecule has 2 fully saturated rings. The first-order valence-electron chi connectivity index (χ1n) is 8.10. The number of nitrogens with zero attached hydrogens (tertiary/aromatic N) is 4. The van der Waals surface area contributed by atoms with Gasteiger partial charge in [-0.2, -0.15) is 0 Å². The smallest absolute Gasteiger partial charge is 0.254 e. The maximum atomic E-state index is 11.9. The molecule has 1 amide bonds. The van der Waals surface area contributed by atoms with E-state index in [1.807, 2.05) is 12.1 Å². The van der Waals surface area contributed by atoms with Gasteiger partial charge in [0.1, 0.15) is 5.82 Å². The zero-order valence-corrected chi connectivity index (χ0v) is 13.9. The zero-order chi connectivity index (χ0) is 15.7. The summed E-state index contributed by atoms with van der Waals surface area (Å²) in [7, 11) is 5.75. The molecule has 0 aromatic carbocycles. The minimum absolute atomic E-state index is 0.00522. The molecule has 5 nitrogen and oxygen atoms in total. The maximum absolute atomic E-state index is 11.9. The first kappa shape index (κ1) is 15.3. The molecule has 3 rings (SSSR count). The lowest BCUT2D eigenvalue weighted by Crippen LogP contribution is -2.41. The Morgan fingerprint density at radius 3 is 2.36 bits per heavy atom. The van der Waals surface area contributed by atoms with Crippen LogP contribution in [-0.4, -0.2) is 68.0 Å². The van der Waals surface area contributed by atoms with Crippen molar-refractivity contribution in [3.05, 3.63) is 23.9 Å². The fourth-order valence-electron chi connectivity index (χ4n) is 3.73. The van der Waals surface area contributed by atoms with E-state index in [-0.39, 0.29) is 5.91 Å². The largest absolute Gasteiger partial charge is 0.357 e. The third kappa shape index (κ3) is 2.95. The van der Waals surface area contributed by atoms with Gasteiger partial charge in [-0.05, 0) is 50.4 Å². The Kier molecular flexibility index (Phi) is 4.08. The quantitative estimate of drug-likeness (QED) is 0.834. The van der Waals surface area contributed by atoms with Gasteiger partial charge in [-0.1, -0.05) is 0 Å². The van der Waals surface area contributed by atoms with Crippen molar-refractivity contribution in [1.82, 2.24) is 14.8 Å². The van der Waals surface area contributed by atoms with Gasteiger partial charge < -0.3 is 14.7 Å². The highest BCUT2D eigenvalue weighted by atomic mass is 16.2. The van der Waals surface area contributed by atoms with Gasteiger partial charge in [0, 0.05) is 39.9 Å². The topological polar surface area (TPSA) is 39.7 Å². The number of piperidine rings is 1. The molecule has 0 radical (unpaired) electrons. The first-order valence-corrected chi connectivity index (χ1v) is 8.10. The molecule has 1 aromatic rings. The van der Waals surface area contributed by atoms with E-state index in [0.29, 0.717) is 11.0 Å². The zero-order valence-electron chi connectivity index (χ0n) is 13.9. The number of carbonyl (C=O) groups is 1. The van der Waals surface area contributed by atoms with Gasteiger partial charge >= 0.3 is 0 Å². The summed E-state index contributed by atoms with van der Waals surface area (Å²) in [5.74, 6) is 1.00. The van der Waals surface area contributed by atoms with Crippen molar-refractivity contribution in [2.45, 2.75) is 19.3 Å². The molecule has 3 heterocycles. The van der Waals surface area contributed by atoms with Crippen LogP contribution in [0, 0.1) is 5.41 Å². The van der Waals surface area contributed by atoms with E-state index < -0.39 is 0 Å². The van der Waals surface area contributed by atoms with Crippen LogP contribution >= 0.6 is 0 Å². The van der Waals surface area contributed by atoms with Crippen molar-refractivity contribution in [2.24, 2.45) is 5.41 Å². The number of hydrogen-bond donors (Lipinski definition) is 0. The monoisotopic (exact) mass is 302 g/mol. The fourth-order valence-corrected chi connectivity index (χ4v) is 3.73. The lowest BCUT2D eigenvalue weighted by atomic mass is 9.78. The van der Waals surface area contributed by atoms with Gasteiger partial charge in [0.05, 0.1) is 5.56 Å². The molecule has 0 aliphatic carbocycles. The van der Waals surface area contributed by atoms with E-state index in [0.717, 1.165) is 18.9 Å². The molecule has 2 saturated heterocycles. The van der Waals surface area contributed by atoms with Crippen LogP contribution in [-0.2, 0) is 0 Å². The molecule has 1 spiro atoms. The van der Waals surface area contributed by atoms with E-state index in [1.165, 1.54) is 32.4 Å². The number of amides is 1. The molecule has 22 heavy (non-hydrogen) atoms. The molecule has 0 saturated carbocycles. The molecule has 0 N–H and O–H groups in total. The van der Waals surface area contributed by atoms with Gasteiger partial charge in [0.25, 0.3) is 5.91 Å². The van der Waals surface area contributed by atoms with Gasteiger partial charge in [0.15, 0.2) is 0 Å². The number of hydrogen-bond acceptors (Lipinski definition) is 4. The predicted octanol–water partition coefficient (Wildman–Crippen LogP) is 1.71. The van der Waals surface area contributed by atoms with E-state index >= 15 is 0 Å². The lowest BCUT2D eigenvalue weighted by Gasteiger charge is -2.39. The Hall–Kier alpha value is -1.62. The Morgan fingerprint density at radius 2 is 1.86 bits per heavy atom. The normalized spacial score (nSPS) is 21.3. The molecule has 1 aromatic heterocycles. The summed E-state index contributed by atoms with van der Waals surface area (Å²) < 4.78 is 0. The SMILES string of the molecule is CN1CCC2(CCN(c3ccc(C(=O)N(C)C)cn3)CC2)C1. The number of anilines is 1. The van der Waals surface area contributed by atoms with Gasteiger partial charge in [0.2, 0.25) is 0 Å². The second-order valence-corrected chi connectivity index (χ2v) is 7.08. The van der Waals surface area contributed by atoms with Crippen LogP contribution < -0.4 is 4.90 Å². The second kappa shape index (κ2) is 5.88. The van der Waals surface area contributed by atoms with E-state index in [1.54, 1.807) is 25.2 Å². The van der Waals surface area contributed by atoms with E-state index in [4.69, 9.17) is 0 Å². The van der Waals surface area contributed by atoms with Crippen LogP contribution in [0.5, 0.6) is 0 Å². The minimum Gasteiger partial charge on any atom is -0.357 e. The minimum atomic E-state index is 0.00522.